The number of likely N-dealkylation sites (N-methyl/N-ethyl adjacent to an activating group) is 1. The first kappa shape index (κ1) is 28.8. The van der Waals surface area contributed by atoms with Gasteiger partial charge in [0.05, 0.1) is 31.9 Å². The van der Waals surface area contributed by atoms with Crippen LogP contribution in [0.3, 0.4) is 0 Å². The predicted octanol–water partition coefficient (Wildman–Crippen LogP) is 3.21. The quantitative estimate of drug-likeness (QED) is 0.449. The second-order valence-corrected chi connectivity index (χ2v) is 10.4. The minimum atomic E-state index is -0.494. The molecule has 218 valence electrons. The topological polar surface area (TPSA) is 111 Å². The Morgan fingerprint density at radius 1 is 1.19 bits per heavy atom. The van der Waals surface area contributed by atoms with Gasteiger partial charge in [0.25, 0.3) is 11.8 Å². The van der Waals surface area contributed by atoms with Crippen LogP contribution in [0.5, 0.6) is 23.1 Å². The standard InChI is InChI=1S/C32H33N3O7/c1-20-16-35(21(2)18-36)32(38)25-13-22(9-10-23-7-5-6-8-26(23)39-4)15-33-30(25)42-29(20)17-34(3)31(37)24-11-12-27-28(14-24)41-19-40-27/h5-8,11-15,20-21,29,36H,16-19H2,1-4H3/t20-,21-,29+/m1/s1. The summed E-state index contributed by atoms with van der Waals surface area (Å²) in [5.41, 5.74) is 1.92. The van der Waals surface area contributed by atoms with E-state index in [1.165, 1.54) is 0 Å². The van der Waals surface area contributed by atoms with E-state index in [9.17, 15) is 14.7 Å². The molecule has 10 nitrogen and oxygen atoms in total. The summed E-state index contributed by atoms with van der Waals surface area (Å²) in [7, 11) is 3.28. The van der Waals surface area contributed by atoms with E-state index in [0.29, 0.717) is 40.5 Å². The van der Waals surface area contributed by atoms with E-state index in [1.807, 2.05) is 31.2 Å². The van der Waals surface area contributed by atoms with Gasteiger partial charge in [0.1, 0.15) is 17.4 Å². The van der Waals surface area contributed by atoms with Gasteiger partial charge >= 0.3 is 0 Å². The average molecular weight is 572 g/mol. The highest BCUT2D eigenvalue weighted by molar-refractivity contribution is 5.97. The normalized spacial score (nSPS) is 18.0. The number of para-hydroxylation sites is 1. The maximum Gasteiger partial charge on any atom is 0.259 e. The number of rotatable bonds is 6. The van der Waals surface area contributed by atoms with Crippen molar-refractivity contribution in [1.29, 1.82) is 0 Å². The van der Waals surface area contributed by atoms with Gasteiger partial charge in [-0.15, -0.1) is 0 Å². The van der Waals surface area contributed by atoms with Crippen molar-refractivity contribution in [2.45, 2.75) is 26.0 Å². The third kappa shape index (κ3) is 5.97. The van der Waals surface area contributed by atoms with Gasteiger partial charge in [-0.05, 0) is 43.3 Å². The van der Waals surface area contributed by atoms with Crippen LogP contribution in [0.15, 0.2) is 54.7 Å². The number of aromatic nitrogens is 1. The Morgan fingerprint density at radius 3 is 2.76 bits per heavy atom. The zero-order chi connectivity index (χ0) is 29.8. The van der Waals surface area contributed by atoms with Gasteiger partial charge in [0.15, 0.2) is 11.5 Å². The minimum Gasteiger partial charge on any atom is -0.495 e. The molecular weight excluding hydrogens is 538 g/mol. The molecule has 3 atom stereocenters. The fraction of sp³-hybridized carbons (Fsp3) is 0.344. The highest BCUT2D eigenvalue weighted by Gasteiger charge is 2.35. The Bertz CT molecular complexity index is 1550. The van der Waals surface area contributed by atoms with Crippen molar-refractivity contribution in [2.75, 3.05) is 40.6 Å². The first-order valence-corrected chi connectivity index (χ1v) is 13.7. The number of hydrogen-bond donors (Lipinski definition) is 1. The Balaban J connectivity index is 1.43. The lowest BCUT2D eigenvalue weighted by Crippen LogP contribution is -2.50. The van der Waals surface area contributed by atoms with Crippen LogP contribution in [0.2, 0.25) is 0 Å². The van der Waals surface area contributed by atoms with Crippen LogP contribution in [0, 0.1) is 17.8 Å². The molecule has 0 bridgehead atoms. The summed E-state index contributed by atoms with van der Waals surface area (Å²) in [5, 5.41) is 9.95. The Kier molecular flexibility index (Phi) is 8.50. The molecule has 0 aliphatic carbocycles. The molecule has 2 aromatic carbocycles. The number of carbonyl (C=O) groups excluding carboxylic acids is 2. The number of amides is 2. The summed E-state index contributed by atoms with van der Waals surface area (Å²) < 4.78 is 22.5. The second-order valence-electron chi connectivity index (χ2n) is 10.4. The van der Waals surface area contributed by atoms with E-state index in [4.69, 9.17) is 18.9 Å². The molecule has 3 aromatic rings. The van der Waals surface area contributed by atoms with Crippen molar-refractivity contribution < 1.29 is 33.6 Å². The maximum atomic E-state index is 13.7. The summed E-state index contributed by atoms with van der Waals surface area (Å²) in [6, 6.07) is 13.7. The number of hydrogen-bond acceptors (Lipinski definition) is 8. The fourth-order valence-electron chi connectivity index (χ4n) is 4.88. The maximum absolute atomic E-state index is 13.7. The number of aliphatic hydroxyl groups is 1. The van der Waals surface area contributed by atoms with E-state index in [1.54, 1.807) is 61.3 Å². The van der Waals surface area contributed by atoms with Gasteiger partial charge < -0.3 is 33.9 Å². The molecule has 10 heteroatoms. The third-order valence-corrected chi connectivity index (χ3v) is 7.39. The van der Waals surface area contributed by atoms with Gasteiger partial charge in [-0.25, -0.2) is 4.98 Å². The number of methoxy groups -OCH3 is 1. The van der Waals surface area contributed by atoms with Gasteiger partial charge in [-0.2, -0.15) is 0 Å². The summed E-state index contributed by atoms with van der Waals surface area (Å²) in [4.78, 5) is 34.7. The molecule has 0 spiro atoms. The Morgan fingerprint density at radius 2 is 1.98 bits per heavy atom. The van der Waals surface area contributed by atoms with E-state index in [2.05, 4.69) is 16.8 Å². The summed E-state index contributed by atoms with van der Waals surface area (Å²) in [6.45, 7) is 4.20. The van der Waals surface area contributed by atoms with Crippen LogP contribution in [-0.4, -0.2) is 84.5 Å². The van der Waals surface area contributed by atoms with Crippen molar-refractivity contribution in [2.24, 2.45) is 5.92 Å². The van der Waals surface area contributed by atoms with Crippen LogP contribution >= 0.6 is 0 Å². The molecule has 1 N–H and O–H groups in total. The highest BCUT2D eigenvalue weighted by atomic mass is 16.7. The number of aliphatic hydroxyl groups excluding tert-OH is 1. The van der Waals surface area contributed by atoms with Crippen molar-refractivity contribution in [1.82, 2.24) is 14.8 Å². The molecule has 1 aromatic heterocycles. The number of benzene rings is 2. The monoisotopic (exact) mass is 571 g/mol. The lowest BCUT2D eigenvalue weighted by molar-refractivity contribution is 0.0313. The van der Waals surface area contributed by atoms with Crippen LogP contribution in [0.1, 0.15) is 45.7 Å². The molecule has 2 aliphatic heterocycles. The van der Waals surface area contributed by atoms with Crippen molar-refractivity contribution in [3.63, 3.8) is 0 Å². The molecule has 3 heterocycles. The SMILES string of the molecule is COc1ccccc1C#Cc1cnc2c(c1)C(=O)N([C@H](C)CO)C[C@@H](C)[C@H](CN(C)C(=O)c1ccc3c(c1)OCO3)O2. The number of carbonyl (C=O) groups is 2. The summed E-state index contributed by atoms with van der Waals surface area (Å²) >= 11 is 0. The molecule has 0 fully saturated rings. The number of pyridine rings is 1. The van der Waals surface area contributed by atoms with E-state index in [-0.39, 0.29) is 49.1 Å². The number of nitrogens with zero attached hydrogens (tertiary/aromatic N) is 3. The largest absolute Gasteiger partial charge is 0.495 e. The minimum absolute atomic E-state index is 0.123. The molecule has 2 aliphatic rings. The molecule has 0 saturated heterocycles. The van der Waals surface area contributed by atoms with Gasteiger partial charge in [-0.1, -0.05) is 30.9 Å². The average Bonchev–Trinajstić information content (AvgIpc) is 3.49. The van der Waals surface area contributed by atoms with Crippen molar-refractivity contribution >= 4 is 11.8 Å². The van der Waals surface area contributed by atoms with Crippen LogP contribution < -0.4 is 18.9 Å². The summed E-state index contributed by atoms with van der Waals surface area (Å²) in [5.74, 6) is 7.36. The second kappa shape index (κ2) is 12.4. The van der Waals surface area contributed by atoms with E-state index >= 15 is 0 Å². The van der Waals surface area contributed by atoms with Crippen LogP contribution in [0.25, 0.3) is 0 Å². The van der Waals surface area contributed by atoms with Crippen molar-refractivity contribution in [3.05, 3.63) is 77.0 Å². The zero-order valence-electron chi connectivity index (χ0n) is 24.0. The van der Waals surface area contributed by atoms with Gasteiger partial charge in [0.2, 0.25) is 12.7 Å². The number of ether oxygens (including phenoxy) is 4. The molecular formula is C32H33N3O7. The smallest absolute Gasteiger partial charge is 0.259 e. The lowest BCUT2D eigenvalue weighted by atomic mass is 9.99. The van der Waals surface area contributed by atoms with Gasteiger partial charge in [-0.3, -0.25) is 9.59 Å². The van der Waals surface area contributed by atoms with Crippen molar-refractivity contribution in [3.8, 4) is 35.0 Å². The summed E-state index contributed by atoms with van der Waals surface area (Å²) in [6.07, 6.45) is 1.06. The third-order valence-electron chi connectivity index (χ3n) is 7.39. The molecule has 5 rings (SSSR count). The number of fused-ring (bicyclic) bond motifs is 2. The highest BCUT2D eigenvalue weighted by Crippen LogP contribution is 2.33. The lowest BCUT2D eigenvalue weighted by Gasteiger charge is -2.37. The molecule has 0 unspecified atom stereocenters. The van der Waals surface area contributed by atoms with Crippen LogP contribution in [-0.2, 0) is 0 Å². The van der Waals surface area contributed by atoms with E-state index < -0.39 is 12.1 Å². The Labute approximate surface area is 244 Å². The van der Waals surface area contributed by atoms with E-state index in [0.717, 1.165) is 0 Å². The molecule has 42 heavy (non-hydrogen) atoms. The fourth-order valence-corrected chi connectivity index (χ4v) is 4.88. The first-order valence-electron chi connectivity index (χ1n) is 13.7. The Hall–Kier alpha value is -4.75. The zero-order valence-corrected chi connectivity index (χ0v) is 24.0. The molecule has 0 saturated carbocycles. The van der Waals surface area contributed by atoms with Gasteiger partial charge in [0, 0.05) is 36.8 Å². The predicted molar refractivity (Wildman–Crippen MR) is 154 cm³/mol. The first-order chi connectivity index (χ1) is 20.3. The molecule has 0 radical (unpaired) electrons. The van der Waals surface area contributed by atoms with Crippen LogP contribution in [0.4, 0.5) is 0 Å². The molecule has 2 amide bonds.